The summed E-state index contributed by atoms with van der Waals surface area (Å²) in [5.74, 6) is 0. The fraction of sp³-hybridized carbons (Fsp3) is 0.875. The molecule has 0 radical (unpaired) electrons. The predicted molar refractivity (Wildman–Crippen MR) is 38.9 cm³/mol. The highest BCUT2D eigenvalue weighted by Crippen LogP contribution is 2.28. The molecule has 0 aromatic heterocycles. The second-order valence-electron chi connectivity index (χ2n) is 2.95. The van der Waals surface area contributed by atoms with Crippen LogP contribution in [-0.4, -0.2) is 19.0 Å². The van der Waals surface area contributed by atoms with Crippen LogP contribution in [0, 0.1) is 0 Å². The minimum atomic E-state index is -0.418. The molecule has 0 aliphatic heterocycles. The van der Waals surface area contributed by atoms with E-state index in [0.29, 0.717) is 0 Å². The summed E-state index contributed by atoms with van der Waals surface area (Å²) in [4.78, 5) is 10.6. The van der Waals surface area contributed by atoms with Gasteiger partial charge in [0.25, 0.3) is 0 Å². The lowest BCUT2D eigenvalue weighted by Gasteiger charge is -2.30. The van der Waals surface area contributed by atoms with Gasteiger partial charge in [-0.3, -0.25) is 0 Å². The van der Waals surface area contributed by atoms with E-state index >= 15 is 0 Å². The Bertz CT molecular complexity index is 114. The Labute approximate surface area is 61.6 Å². The molecule has 0 bridgehead atoms. The molecular formula is C8H14O2. The molecule has 1 rings (SSSR count). The van der Waals surface area contributed by atoms with Crippen LogP contribution in [0.4, 0.5) is 0 Å². The van der Waals surface area contributed by atoms with Crippen molar-refractivity contribution in [2.75, 3.05) is 7.11 Å². The normalized spacial score (nSPS) is 24.1. The lowest BCUT2D eigenvalue weighted by molar-refractivity contribution is -0.131. The van der Waals surface area contributed by atoms with Crippen LogP contribution in [0.2, 0.25) is 0 Å². The fourth-order valence-electron chi connectivity index (χ4n) is 1.52. The molecule has 1 aliphatic carbocycles. The van der Waals surface area contributed by atoms with Crippen molar-refractivity contribution in [1.29, 1.82) is 0 Å². The fourth-order valence-corrected chi connectivity index (χ4v) is 1.52. The van der Waals surface area contributed by atoms with Crippen molar-refractivity contribution in [3.8, 4) is 0 Å². The summed E-state index contributed by atoms with van der Waals surface area (Å²) in [6.45, 7) is 0. The van der Waals surface area contributed by atoms with Gasteiger partial charge in [-0.15, -0.1) is 0 Å². The van der Waals surface area contributed by atoms with Gasteiger partial charge in [0.1, 0.15) is 5.60 Å². The van der Waals surface area contributed by atoms with E-state index in [2.05, 4.69) is 0 Å². The average molecular weight is 142 g/mol. The third kappa shape index (κ3) is 1.37. The van der Waals surface area contributed by atoms with Gasteiger partial charge in [-0.05, 0) is 12.8 Å². The number of aldehydes is 1. The van der Waals surface area contributed by atoms with Crippen LogP contribution in [0.1, 0.15) is 32.1 Å². The van der Waals surface area contributed by atoms with Crippen molar-refractivity contribution in [2.45, 2.75) is 37.7 Å². The van der Waals surface area contributed by atoms with Crippen LogP contribution in [0.3, 0.4) is 0 Å². The monoisotopic (exact) mass is 142 g/mol. The van der Waals surface area contributed by atoms with Gasteiger partial charge in [0, 0.05) is 7.11 Å². The van der Waals surface area contributed by atoms with Crippen LogP contribution in [0.25, 0.3) is 0 Å². The predicted octanol–water partition coefficient (Wildman–Crippen LogP) is 1.53. The molecule has 0 aromatic carbocycles. The quantitative estimate of drug-likeness (QED) is 0.546. The number of rotatable bonds is 2. The highest BCUT2D eigenvalue weighted by Gasteiger charge is 2.30. The lowest BCUT2D eigenvalue weighted by atomic mass is 9.86. The van der Waals surface area contributed by atoms with E-state index in [1.165, 1.54) is 6.42 Å². The van der Waals surface area contributed by atoms with Crippen molar-refractivity contribution >= 4 is 6.29 Å². The molecule has 0 aromatic rings. The zero-order valence-electron chi connectivity index (χ0n) is 6.43. The van der Waals surface area contributed by atoms with Gasteiger partial charge in [-0.1, -0.05) is 19.3 Å². The Hall–Kier alpha value is -0.370. The summed E-state index contributed by atoms with van der Waals surface area (Å²) in [7, 11) is 1.62. The first kappa shape index (κ1) is 7.73. The topological polar surface area (TPSA) is 26.3 Å². The third-order valence-corrected chi connectivity index (χ3v) is 2.32. The Morgan fingerprint density at radius 3 is 2.20 bits per heavy atom. The number of ether oxygens (including phenoxy) is 1. The maximum atomic E-state index is 10.6. The molecule has 2 nitrogen and oxygen atoms in total. The maximum Gasteiger partial charge on any atom is 0.151 e. The van der Waals surface area contributed by atoms with E-state index in [9.17, 15) is 4.79 Å². The number of methoxy groups -OCH3 is 1. The molecule has 58 valence electrons. The molecular weight excluding hydrogens is 128 g/mol. The summed E-state index contributed by atoms with van der Waals surface area (Å²) in [5, 5.41) is 0. The summed E-state index contributed by atoms with van der Waals surface area (Å²) in [6, 6.07) is 0. The molecule has 1 fully saturated rings. The zero-order chi connectivity index (χ0) is 7.45. The lowest BCUT2D eigenvalue weighted by Crippen LogP contribution is -2.35. The van der Waals surface area contributed by atoms with Crippen LogP contribution in [0.5, 0.6) is 0 Å². The first-order valence-corrected chi connectivity index (χ1v) is 3.84. The van der Waals surface area contributed by atoms with E-state index in [1.807, 2.05) is 0 Å². The zero-order valence-corrected chi connectivity index (χ0v) is 6.43. The molecule has 1 aliphatic rings. The van der Waals surface area contributed by atoms with Crippen molar-refractivity contribution in [1.82, 2.24) is 0 Å². The van der Waals surface area contributed by atoms with Crippen molar-refractivity contribution in [3.05, 3.63) is 0 Å². The number of carbonyl (C=O) groups is 1. The Kier molecular flexibility index (Phi) is 2.44. The minimum Gasteiger partial charge on any atom is -0.371 e. The number of hydrogen-bond acceptors (Lipinski definition) is 2. The van der Waals surface area contributed by atoms with Gasteiger partial charge in [0.05, 0.1) is 0 Å². The molecule has 0 atom stereocenters. The van der Waals surface area contributed by atoms with Gasteiger partial charge >= 0.3 is 0 Å². The number of carbonyl (C=O) groups excluding carboxylic acids is 1. The summed E-state index contributed by atoms with van der Waals surface area (Å²) < 4.78 is 5.16. The summed E-state index contributed by atoms with van der Waals surface area (Å²) in [5.41, 5.74) is -0.418. The van der Waals surface area contributed by atoms with E-state index in [0.717, 1.165) is 32.0 Å². The Morgan fingerprint density at radius 2 is 1.90 bits per heavy atom. The van der Waals surface area contributed by atoms with E-state index < -0.39 is 5.60 Å². The van der Waals surface area contributed by atoms with Crippen LogP contribution in [0.15, 0.2) is 0 Å². The molecule has 0 heterocycles. The Morgan fingerprint density at radius 1 is 1.30 bits per heavy atom. The van der Waals surface area contributed by atoms with E-state index in [4.69, 9.17) is 4.74 Å². The molecule has 2 heteroatoms. The third-order valence-electron chi connectivity index (χ3n) is 2.32. The van der Waals surface area contributed by atoms with E-state index in [1.54, 1.807) is 7.11 Å². The second kappa shape index (κ2) is 3.15. The Balaban J connectivity index is 2.52. The van der Waals surface area contributed by atoms with Gasteiger partial charge in [0.2, 0.25) is 0 Å². The van der Waals surface area contributed by atoms with Crippen molar-refractivity contribution < 1.29 is 9.53 Å². The van der Waals surface area contributed by atoms with Gasteiger partial charge < -0.3 is 9.53 Å². The van der Waals surface area contributed by atoms with E-state index in [-0.39, 0.29) is 0 Å². The van der Waals surface area contributed by atoms with Crippen LogP contribution < -0.4 is 0 Å². The number of hydrogen-bond donors (Lipinski definition) is 0. The van der Waals surface area contributed by atoms with Crippen molar-refractivity contribution in [2.24, 2.45) is 0 Å². The summed E-state index contributed by atoms with van der Waals surface area (Å²) >= 11 is 0. The largest absolute Gasteiger partial charge is 0.371 e. The second-order valence-corrected chi connectivity index (χ2v) is 2.95. The molecule has 1 saturated carbocycles. The highest BCUT2D eigenvalue weighted by atomic mass is 16.5. The molecule has 10 heavy (non-hydrogen) atoms. The SMILES string of the molecule is COC1(C=O)CCCCC1. The molecule has 0 unspecified atom stereocenters. The first-order valence-electron chi connectivity index (χ1n) is 3.84. The molecule has 0 spiro atoms. The highest BCUT2D eigenvalue weighted by molar-refractivity contribution is 5.62. The van der Waals surface area contributed by atoms with Crippen LogP contribution in [-0.2, 0) is 9.53 Å². The standard InChI is InChI=1S/C8H14O2/c1-10-8(7-9)5-3-2-4-6-8/h7H,2-6H2,1H3. The smallest absolute Gasteiger partial charge is 0.151 e. The maximum absolute atomic E-state index is 10.6. The minimum absolute atomic E-state index is 0.418. The first-order chi connectivity index (χ1) is 4.83. The average Bonchev–Trinajstić information content (AvgIpc) is 2.06. The molecule has 0 saturated heterocycles. The summed E-state index contributed by atoms with van der Waals surface area (Å²) in [6.07, 6.45) is 6.30. The van der Waals surface area contributed by atoms with Gasteiger partial charge in [-0.25, -0.2) is 0 Å². The molecule has 0 N–H and O–H groups in total. The van der Waals surface area contributed by atoms with Crippen LogP contribution >= 0.6 is 0 Å². The molecule has 0 amide bonds. The van der Waals surface area contributed by atoms with Gasteiger partial charge in [0.15, 0.2) is 6.29 Å². The van der Waals surface area contributed by atoms with Crippen molar-refractivity contribution in [3.63, 3.8) is 0 Å². The van der Waals surface area contributed by atoms with Gasteiger partial charge in [-0.2, -0.15) is 0 Å².